The van der Waals surface area contributed by atoms with Crippen molar-refractivity contribution in [2.75, 3.05) is 24.6 Å². The number of nitriles is 1. The topological polar surface area (TPSA) is 60.2 Å². The van der Waals surface area contributed by atoms with Crippen LogP contribution in [-0.4, -0.2) is 29.8 Å². The van der Waals surface area contributed by atoms with E-state index in [4.69, 9.17) is 10.4 Å². The van der Waals surface area contributed by atoms with Gasteiger partial charge in [-0.15, -0.1) is 0 Å². The highest BCUT2D eigenvalue weighted by Gasteiger charge is 2.20. The van der Waals surface area contributed by atoms with Crippen molar-refractivity contribution >= 4 is 5.69 Å². The molecule has 2 rings (SSSR count). The standard InChI is InChI=1S/C12H15N3O/c13-8-11-12(2-1-5-14-11)15-6-3-10(9-16)4-7-15/h1-2,5,10,16H,3-4,6-7,9H2. The maximum atomic E-state index is 9.07. The number of aliphatic hydroxyl groups is 1. The zero-order chi connectivity index (χ0) is 11.4. The normalized spacial score (nSPS) is 17.1. The second kappa shape index (κ2) is 4.95. The lowest BCUT2D eigenvalue weighted by Gasteiger charge is -2.32. The van der Waals surface area contributed by atoms with Crippen LogP contribution in [0.1, 0.15) is 18.5 Å². The fourth-order valence-electron chi connectivity index (χ4n) is 2.09. The average Bonchev–Trinajstić information content (AvgIpc) is 2.39. The summed E-state index contributed by atoms with van der Waals surface area (Å²) in [4.78, 5) is 6.24. The monoisotopic (exact) mass is 217 g/mol. The summed E-state index contributed by atoms with van der Waals surface area (Å²) in [5.74, 6) is 0.415. The third kappa shape index (κ3) is 2.15. The van der Waals surface area contributed by atoms with Crippen molar-refractivity contribution in [2.24, 2.45) is 5.92 Å². The molecule has 4 heteroatoms. The Labute approximate surface area is 95.1 Å². The van der Waals surface area contributed by atoms with Gasteiger partial charge in [-0.2, -0.15) is 5.26 Å². The summed E-state index contributed by atoms with van der Waals surface area (Å²) < 4.78 is 0. The van der Waals surface area contributed by atoms with E-state index in [0.29, 0.717) is 11.6 Å². The minimum Gasteiger partial charge on any atom is -0.396 e. The predicted octanol–water partition coefficient (Wildman–Crippen LogP) is 1.16. The maximum absolute atomic E-state index is 9.07. The summed E-state index contributed by atoms with van der Waals surface area (Å²) in [6.07, 6.45) is 3.61. The van der Waals surface area contributed by atoms with Crippen molar-refractivity contribution in [3.63, 3.8) is 0 Å². The number of hydrogen-bond donors (Lipinski definition) is 1. The first-order valence-corrected chi connectivity index (χ1v) is 5.56. The molecular formula is C12H15N3O. The first-order chi connectivity index (χ1) is 7.85. The highest BCUT2D eigenvalue weighted by molar-refractivity contribution is 5.55. The van der Waals surface area contributed by atoms with E-state index < -0.39 is 0 Å². The Balaban J connectivity index is 2.11. The van der Waals surface area contributed by atoms with Crippen molar-refractivity contribution in [1.29, 1.82) is 5.26 Å². The van der Waals surface area contributed by atoms with Crippen LogP contribution in [0.5, 0.6) is 0 Å². The number of piperidine rings is 1. The van der Waals surface area contributed by atoms with Crippen molar-refractivity contribution in [1.82, 2.24) is 4.98 Å². The quantitative estimate of drug-likeness (QED) is 0.807. The molecule has 2 heterocycles. The van der Waals surface area contributed by atoms with E-state index in [-0.39, 0.29) is 6.61 Å². The molecule has 0 unspecified atom stereocenters. The minimum atomic E-state index is 0.270. The molecule has 1 N–H and O–H groups in total. The third-order valence-electron chi connectivity index (χ3n) is 3.11. The van der Waals surface area contributed by atoms with Gasteiger partial charge in [0.15, 0.2) is 5.69 Å². The Kier molecular flexibility index (Phi) is 3.37. The SMILES string of the molecule is N#Cc1ncccc1N1CCC(CO)CC1. The molecule has 0 atom stereocenters. The van der Waals surface area contributed by atoms with Crippen LogP contribution in [0.25, 0.3) is 0 Å². The summed E-state index contributed by atoms with van der Waals surface area (Å²) in [7, 11) is 0. The van der Waals surface area contributed by atoms with Crippen molar-refractivity contribution < 1.29 is 5.11 Å². The molecule has 1 aliphatic rings. The van der Waals surface area contributed by atoms with Gasteiger partial charge in [0.1, 0.15) is 6.07 Å². The van der Waals surface area contributed by atoms with Crippen LogP contribution in [0.2, 0.25) is 0 Å². The molecule has 0 aromatic carbocycles. The Hall–Kier alpha value is -1.60. The van der Waals surface area contributed by atoms with Crippen molar-refractivity contribution in [2.45, 2.75) is 12.8 Å². The molecule has 1 fully saturated rings. The van der Waals surface area contributed by atoms with Crippen LogP contribution in [0.3, 0.4) is 0 Å². The smallest absolute Gasteiger partial charge is 0.163 e. The molecule has 1 aliphatic heterocycles. The number of nitrogens with zero attached hydrogens (tertiary/aromatic N) is 3. The molecular weight excluding hydrogens is 202 g/mol. The van der Waals surface area contributed by atoms with E-state index in [0.717, 1.165) is 31.6 Å². The first-order valence-electron chi connectivity index (χ1n) is 5.56. The lowest BCUT2D eigenvalue weighted by Crippen LogP contribution is -2.35. The first kappa shape index (κ1) is 10.9. The summed E-state index contributed by atoms with van der Waals surface area (Å²) in [5, 5.41) is 18.0. The molecule has 0 saturated carbocycles. The van der Waals surface area contributed by atoms with Crippen LogP contribution < -0.4 is 4.90 Å². The van der Waals surface area contributed by atoms with Gasteiger partial charge in [0.05, 0.1) is 5.69 Å². The lowest BCUT2D eigenvalue weighted by atomic mass is 9.97. The van der Waals surface area contributed by atoms with Crippen molar-refractivity contribution in [3.05, 3.63) is 24.0 Å². The second-order valence-corrected chi connectivity index (χ2v) is 4.10. The maximum Gasteiger partial charge on any atom is 0.163 e. The molecule has 4 nitrogen and oxygen atoms in total. The molecule has 1 aromatic heterocycles. The fourth-order valence-corrected chi connectivity index (χ4v) is 2.09. The van der Waals surface area contributed by atoms with E-state index >= 15 is 0 Å². The summed E-state index contributed by atoms with van der Waals surface area (Å²) in [6.45, 7) is 2.06. The zero-order valence-corrected chi connectivity index (χ0v) is 9.13. The molecule has 0 spiro atoms. The van der Waals surface area contributed by atoms with Crippen LogP contribution in [0.15, 0.2) is 18.3 Å². The highest BCUT2D eigenvalue weighted by atomic mass is 16.3. The van der Waals surface area contributed by atoms with Crippen LogP contribution in [0.4, 0.5) is 5.69 Å². The van der Waals surface area contributed by atoms with Gasteiger partial charge in [0.2, 0.25) is 0 Å². The molecule has 0 amide bonds. The van der Waals surface area contributed by atoms with Gasteiger partial charge < -0.3 is 10.0 Å². The Morgan fingerprint density at radius 2 is 2.25 bits per heavy atom. The Morgan fingerprint density at radius 3 is 2.88 bits per heavy atom. The predicted molar refractivity (Wildman–Crippen MR) is 61.0 cm³/mol. The molecule has 16 heavy (non-hydrogen) atoms. The number of anilines is 1. The number of pyridine rings is 1. The number of aromatic nitrogens is 1. The van der Waals surface area contributed by atoms with E-state index in [1.807, 2.05) is 12.1 Å². The van der Waals surface area contributed by atoms with Gasteiger partial charge in [-0.3, -0.25) is 0 Å². The molecule has 1 saturated heterocycles. The van der Waals surface area contributed by atoms with Gasteiger partial charge in [-0.05, 0) is 30.9 Å². The zero-order valence-electron chi connectivity index (χ0n) is 9.13. The van der Waals surface area contributed by atoms with E-state index in [1.54, 1.807) is 6.20 Å². The van der Waals surface area contributed by atoms with Gasteiger partial charge >= 0.3 is 0 Å². The second-order valence-electron chi connectivity index (χ2n) is 4.10. The van der Waals surface area contributed by atoms with Crippen molar-refractivity contribution in [3.8, 4) is 6.07 Å². The molecule has 0 radical (unpaired) electrons. The molecule has 0 bridgehead atoms. The molecule has 1 aromatic rings. The minimum absolute atomic E-state index is 0.270. The van der Waals surface area contributed by atoms with Gasteiger partial charge in [0.25, 0.3) is 0 Å². The van der Waals surface area contributed by atoms with E-state index in [1.165, 1.54) is 0 Å². The average molecular weight is 217 g/mol. The Bertz CT molecular complexity index is 391. The van der Waals surface area contributed by atoms with Gasteiger partial charge in [-0.25, -0.2) is 4.98 Å². The van der Waals surface area contributed by atoms with Gasteiger partial charge in [0, 0.05) is 25.9 Å². The summed E-state index contributed by atoms with van der Waals surface area (Å²) in [6, 6.07) is 5.91. The number of hydrogen-bond acceptors (Lipinski definition) is 4. The lowest BCUT2D eigenvalue weighted by molar-refractivity contribution is 0.203. The summed E-state index contributed by atoms with van der Waals surface area (Å²) >= 11 is 0. The highest BCUT2D eigenvalue weighted by Crippen LogP contribution is 2.24. The van der Waals surface area contributed by atoms with E-state index in [9.17, 15) is 0 Å². The number of rotatable bonds is 2. The van der Waals surface area contributed by atoms with E-state index in [2.05, 4.69) is 16.0 Å². The summed E-state index contributed by atoms with van der Waals surface area (Å²) in [5.41, 5.74) is 1.41. The third-order valence-corrected chi connectivity index (χ3v) is 3.11. The fraction of sp³-hybridized carbons (Fsp3) is 0.500. The van der Waals surface area contributed by atoms with Crippen LogP contribution >= 0.6 is 0 Å². The Morgan fingerprint density at radius 1 is 1.50 bits per heavy atom. The number of aliphatic hydroxyl groups excluding tert-OH is 1. The molecule has 84 valence electrons. The van der Waals surface area contributed by atoms with Gasteiger partial charge in [-0.1, -0.05) is 0 Å². The molecule has 0 aliphatic carbocycles. The van der Waals surface area contributed by atoms with Crippen LogP contribution in [0, 0.1) is 17.2 Å². The largest absolute Gasteiger partial charge is 0.396 e. The van der Waals surface area contributed by atoms with Crippen LogP contribution in [-0.2, 0) is 0 Å².